The van der Waals surface area contributed by atoms with Crippen molar-refractivity contribution in [3.8, 4) is 17.2 Å². The van der Waals surface area contributed by atoms with E-state index in [1.54, 1.807) is 24.4 Å². The summed E-state index contributed by atoms with van der Waals surface area (Å²) in [7, 11) is 0. The van der Waals surface area contributed by atoms with Gasteiger partial charge in [-0.2, -0.15) is 4.98 Å². The molecule has 0 bridgehead atoms. The lowest BCUT2D eigenvalue weighted by atomic mass is 10.1. The van der Waals surface area contributed by atoms with E-state index in [0.29, 0.717) is 35.0 Å². The Kier molecular flexibility index (Phi) is 6.95. The maximum atomic E-state index is 12.5. The molecule has 0 saturated heterocycles. The van der Waals surface area contributed by atoms with Crippen molar-refractivity contribution in [2.24, 2.45) is 0 Å². The minimum Gasteiger partial charge on any atom is -0.491 e. The minimum atomic E-state index is -0.290. The molecule has 0 radical (unpaired) electrons. The van der Waals surface area contributed by atoms with Crippen molar-refractivity contribution in [2.75, 3.05) is 0 Å². The Bertz CT molecular complexity index is 1240. The van der Waals surface area contributed by atoms with Crippen LogP contribution in [0.2, 0.25) is 0 Å². The second kappa shape index (κ2) is 10.2. The number of carbonyl (C=O) groups is 1. The fourth-order valence-corrected chi connectivity index (χ4v) is 3.25. The van der Waals surface area contributed by atoms with Crippen molar-refractivity contribution >= 4 is 34.5 Å². The van der Waals surface area contributed by atoms with Crippen molar-refractivity contribution in [1.82, 2.24) is 20.6 Å². The van der Waals surface area contributed by atoms with Gasteiger partial charge in [-0.1, -0.05) is 25.1 Å². The number of benzene rings is 2. The molecule has 0 unspecified atom stereocenters. The van der Waals surface area contributed by atoms with Crippen molar-refractivity contribution in [1.29, 1.82) is 0 Å². The molecular formula is C25H24N4O3S. The third-order valence-electron chi connectivity index (χ3n) is 5.05. The van der Waals surface area contributed by atoms with Crippen LogP contribution in [0, 0.1) is 0 Å². The summed E-state index contributed by atoms with van der Waals surface area (Å²) < 4.78 is 11.5. The molecule has 0 aliphatic rings. The molecule has 33 heavy (non-hydrogen) atoms. The van der Waals surface area contributed by atoms with Gasteiger partial charge in [0.1, 0.15) is 5.75 Å². The lowest BCUT2D eigenvalue weighted by molar-refractivity contribution is 0.0975. The van der Waals surface area contributed by atoms with E-state index in [9.17, 15) is 4.79 Å². The lowest BCUT2D eigenvalue weighted by Crippen LogP contribution is -2.38. The fraction of sp³-hybridized carbons (Fsp3) is 0.200. The minimum absolute atomic E-state index is 0.0803. The highest BCUT2D eigenvalue weighted by Gasteiger charge is 2.11. The van der Waals surface area contributed by atoms with Crippen molar-refractivity contribution < 1.29 is 13.9 Å². The van der Waals surface area contributed by atoms with Crippen molar-refractivity contribution in [2.45, 2.75) is 32.9 Å². The maximum Gasteiger partial charge on any atom is 0.257 e. The smallest absolute Gasteiger partial charge is 0.257 e. The normalized spacial score (nSPS) is 11.7. The Balaban J connectivity index is 1.31. The van der Waals surface area contributed by atoms with E-state index in [-0.39, 0.29) is 17.1 Å². The molecule has 0 fully saturated rings. The monoisotopic (exact) mass is 460 g/mol. The first-order chi connectivity index (χ1) is 16.0. The molecule has 0 aliphatic carbocycles. The summed E-state index contributed by atoms with van der Waals surface area (Å²) >= 11 is 5.28. The summed E-state index contributed by atoms with van der Waals surface area (Å²) in [4.78, 5) is 21.1. The number of fused-ring (bicyclic) bond motifs is 1. The molecule has 0 saturated carbocycles. The van der Waals surface area contributed by atoms with E-state index in [4.69, 9.17) is 21.4 Å². The fourth-order valence-electron chi connectivity index (χ4n) is 3.09. The molecule has 4 aromatic rings. The number of ether oxygens (including phenoxy) is 1. The molecule has 2 aromatic carbocycles. The molecule has 8 heteroatoms. The maximum absolute atomic E-state index is 12.5. The molecule has 168 valence electrons. The zero-order chi connectivity index (χ0) is 23.2. The van der Waals surface area contributed by atoms with Crippen LogP contribution in [-0.4, -0.2) is 27.1 Å². The summed E-state index contributed by atoms with van der Waals surface area (Å²) in [6.45, 7) is 4.50. The van der Waals surface area contributed by atoms with Crippen molar-refractivity contribution in [3.05, 3.63) is 78.0 Å². The van der Waals surface area contributed by atoms with E-state index in [0.717, 1.165) is 17.5 Å². The number of thiocarbonyl (C=S) groups is 1. The van der Waals surface area contributed by atoms with Gasteiger partial charge in [-0.05, 0) is 73.6 Å². The van der Waals surface area contributed by atoms with Gasteiger partial charge >= 0.3 is 0 Å². The van der Waals surface area contributed by atoms with Crippen LogP contribution in [0.25, 0.3) is 22.7 Å². The number of aromatic nitrogens is 2. The largest absolute Gasteiger partial charge is 0.491 e. The number of hydrogen-bond acceptors (Lipinski definition) is 6. The molecule has 4 rings (SSSR count). The zero-order valence-electron chi connectivity index (χ0n) is 18.4. The number of pyridine rings is 1. The van der Waals surface area contributed by atoms with Crippen LogP contribution in [0.15, 0.2) is 71.3 Å². The first-order valence-corrected chi connectivity index (χ1v) is 11.1. The first kappa shape index (κ1) is 22.4. The van der Waals surface area contributed by atoms with Gasteiger partial charge in [-0.15, -0.1) is 0 Å². The highest BCUT2D eigenvalue weighted by molar-refractivity contribution is 7.80. The van der Waals surface area contributed by atoms with Crippen LogP contribution < -0.4 is 15.4 Å². The lowest BCUT2D eigenvalue weighted by Gasteiger charge is -2.14. The number of hydrogen-bond donors (Lipinski definition) is 2. The number of amides is 1. The molecular weight excluding hydrogens is 436 g/mol. The van der Waals surface area contributed by atoms with E-state index in [1.165, 1.54) is 0 Å². The number of oxazole rings is 1. The van der Waals surface area contributed by atoms with Crippen molar-refractivity contribution in [3.63, 3.8) is 0 Å². The van der Waals surface area contributed by atoms with Crippen LogP contribution in [0.1, 0.15) is 36.2 Å². The predicted molar refractivity (Wildman–Crippen MR) is 131 cm³/mol. The van der Waals surface area contributed by atoms with E-state index in [2.05, 4.69) is 20.6 Å². The number of carbonyl (C=O) groups excluding carboxylic acids is 1. The molecule has 0 spiro atoms. The standard InChI is InChI=1S/C25H24N4O3S/c1-3-16(2)31-20-7-4-6-19(14-20)23(30)29-25(33)27-15-17-9-11-18(12-10-17)24-28-22-21(32-24)8-5-13-26-22/h4-14,16H,3,15H2,1-2H3,(H2,27,29,30,33)/t16-/m0/s1. The summed E-state index contributed by atoms with van der Waals surface area (Å²) in [5.74, 6) is 0.887. The first-order valence-electron chi connectivity index (χ1n) is 10.7. The average molecular weight is 461 g/mol. The van der Waals surface area contributed by atoms with Gasteiger partial charge in [0.15, 0.2) is 16.3 Å². The van der Waals surface area contributed by atoms with Crippen LogP contribution in [0.4, 0.5) is 0 Å². The third-order valence-corrected chi connectivity index (χ3v) is 5.30. The van der Waals surface area contributed by atoms with Gasteiger partial charge in [0.2, 0.25) is 5.89 Å². The summed E-state index contributed by atoms with van der Waals surface area (Å²) in [5.41, 5.74) is 3.56. The molecule has 2 heterocycles. The Labute approximate surface area is 197 Å². The van der Waals surface area contributed by atoms with Crippen LogP contribution in [0.3, 0.4) is 0 Å². The third kappa shape index (κ3) is 5.72. The highest BCUT2D eigenvalue weighted by Crippen LogP contribution is 2.23. The molecule has 0 aliphatic heterocycles. The Morgan fingerprint density at radius 2 is 1.97 bits per heavy atom. The average Bonchev–Trinajstić information content (AvgIpc) is 3.27. The second-order valence-corrected chi connectivity index (χ2v) is 7.95. The quantitative estimate of drug-likeness (QED) is 0.380. The Morgan fingerprint density at radius 1 is 1.15 bits per heavy atom. The van der Waals surface area contributed by atoms with E-state index < -0.39 is 0 Å². The van der Waals surface area contributed by atoms with Gasteiger partial charge in [-0.3, -0.25) is 10.1 Å². The van der Waals surface area contributed by atoms with Gasteiger partial charge < -0.3 is 14.5 Å². The predicted octanol–water partition coefficient (Wildman–Crippen LogP) is 4.87. The SMILES string of the molecule is CC[C@H](C)Oc1cccc(C(=O)NC(=S)NCc2ccc(-c3nc4ncccc4o3)cc2)c1. The molecule has 1 atom stereocenters. The van der Waals surface area contributed by atoms with Gasteiger partial charge in [-0.25, -0.2) is 4.98 Å². The number of nitrogens with zero attached hydrogens (tertiary/aromatic N) is 2. The Hall–Kier alpha value is -3.78. The van der Waals surface area contributed by atoms with E-state index in [1.807, 2.05) is 56.3 Å². The second-order valence-electron chi connectivity index (χ2n) is 7.54. The number of rotatable bonds is 7. The summed E-state index contributed by atoms with van der Waals surface area (Å²) in [6, 6.07) is 18.4. The van der Waals surface area contributed by atoms with E-state index >= 15 is 0 Å². The number of nitrogens with one attached hydrogen (secondary N) is 2. The summed E-state index contributed by atoms with van der Waals surface area (Å²) in [6.07, 6.45) is 2.65. The van der Waals surface area contributed by atoms with Crippen LogP contribution in [-0.2, 0) is 6.54 Å². The topological polar surface area (TPSA) is 89.3 Å². The zero-order valence-corrected chi connectivity index (χ0v) is 19.2. The highest BCUT2D eigenvalue weighted by atomic mass is 32.1. The van der Waals surface area contributed by atoms with Crippen LogP contribution in [0.5, 0.6) is 5.75 Å². The molecule has 7 nitrogen and oxygen atoms in total. The molecule has 2 aromatic heterocycles. The summed E-state index contributed by atoms with van der Waals surface area (Å²) in [5, 5.41) is 6.01. The van der Waals surface area contributed by atoms with Gasteiger partial charge in [0.25, 0.3) is 5.91 Å². The van der Waals surface area contributed by atoms with Crippen LogP contribution >= 0.6 is 12.2 Å². The van der Waals surface area contributed by atoms with Gasteiger partial charge in [0, 0.05) is 23.9 Å². The molecule has 1 amide bonds. The van der Waals surface area contributed by atoms with Gasteiger partial charge in [0.05, 0.1) is 6.10 Å². The Morgan fingerprint density at radius 3 is 2.73 bits per heavy atom. The molecule has 2 N–H and O–H groups in total.